The zero-order chi connectivity index (χ0) is 15.1. The number of hydrogen-bond donors (Lipinski definition) is 1. The molecule has 0 bridgehead atoms. The minimum absolute atomic E-state index is 0.0152. The van der Waals surface area contributed by atoms with Crippen molar-refractivity contribution >= 4 is 11.9 Å². The third-order valence-electron chi connectivity index (χ3n) is 2.66. The lowest BCUT2D eigenvalue weighted by Gasteiger charge is -2.24. The van der Waals surface area contributed by atoms with Gasteiger partial charge in [0.25, 0.3) is 0 Å². The SMILES string of the molecule is CCNc1nc(OC(C)C)nc(N(C)C(C)COC)n1. The zero-order valence-corrected chi connectivity index (χ0v) is 13.2. The Bertz CT molecular complexity index is 414. The quantitative estimate of drug-likeness (QED) is 0.776. The molecule has 0 spiro atoms. The molecule has 0 aliphatic heterocycles. The molecule has 114 valence electrons. The van der Waals surface area contributed by atoms with Crippen molar-refractivity contribution in [2.45, 2.75) is 39.8 Å². The lowest BCUT2D eigenvalue weighted by atomic mass is 10.3. The molecule has 0 fully saturated rings. The molecular formula is C13H25N5O2. The van der Waals surface area contributed by atoms with E-state index in [9.17, 15) is 0 Å². The highest BCUT2D eigenvalue weighted by Crippen LogP contribution is 2.16. The Labute approximate surface area is 120 Å². The first-order chi connectivity index (χ1) is 9.47. The molecule has 7 heteroatoms. The molecule has 1 N–H and O–H groups in total. The number of rotatable bonds is 8. The number of hydrogen-bond acceptors (Lipinski definition) is 7. The van der Waals surface area contributed by atoms with E-state index in [1.165, 1.54) is 0 Å². The third-order valence-corrected chi connectivity index (χ3v) is 2.66. The molecular weight excluding hydrogens is 258 g/mol. The van der Waals surface area contributed by atoms with Crippen LogP contribution in [0.4, 0.5) is 11.9 Å². The largest absolute Gasteiger partial charge is 0.461 e. The number of nitrogens with one attached hydrogen (secondary N) is 1. The van der Waals surface area contributed by atoms with Crippen LogP contribution in [0.25, 0.3) is 0 Å². The van der Waals surface area contributed by atoms with Crippen molar-refractivity contribution in [2.24, 2.45) is 0 Å². The summed E-state index contributed by atoms with van der Waals surface area (Å²) in [7, 11) is 3.60. The second-order valence-corrected chi connectivity index (χ2v) is 4.85. The van der Waals surface area contributed by atoms with Crippen molar-refractivity contribution in [1.82, 2.24) is 15.0 Å². The second kappa shape index (κ2) is 7.84. The molecule has 0 saturated heterocycles. The normalized spacial score (nSPS) is 12.3. The number of methoxy groups -OCH3 is 1. The van der Waals surface area contributed by atoms with Gasteiger partial charge in [-0.3, -0.25) is 0 Å². The van der Waals surface area contributed by atoms with Gasteiger partial charge >= 0.3 is 6.01 Å². The molecule has 7 nitrogen and oxygen atoms in total. The first-order valence-corrected chi connectivity index (χ1v) is 6.86. The van der Waals surface area contributed by atoms with Crippen LogP contribution in [-0.2, 0) is 4.74 Å². The van der Waals surface area contributed by atoms with Crippen LogP contribution >= 0.6 is 0 Å². The molecule has 1 atom stereocenters. The van der Waals surface area contributed by atoms with E-state index in [0.717, 1.165) is 6.54 Å². The van der Waals surface area contributed by atoms with Crippen LogP contribution in [0, 0.1) is 0 Å². The first-order valence-electron chi connectivity index (χ1n) is 6.86. The molecule has 0 aliphatic rings. The summed E-state index contributed by atoms with van der Waals surface area (Å²) in [5, 5.41) is 3.09. The average Bonchev–Trinajstić information content (AvgIpc) is 2.37. The van der Waals surface area contributed by atoms with Gasteiger partial charge in [-0.25, -0.2) is 0 Å². The van der Waals surface area contributed by atoms with E-state index in [-0.39, 0.29) is 12.1 Å². The summed E-state index contributed by atoms with van der Waals surface area (Å²) in [5.41, 5.74) is 0. The Hall–Kier alpha value is -1.63. The summed E-state index contributed by atoms with van der Waals surface area (Å²) in [6, 6.07) is 0.487. The molecule has 0 saturated carbocycles. The molecule has 1 heterocycles. The number of ether oxygens (including phenoxy) is 2. The maximum atomic E-state index is 5.57. The van der Waals surface area contributed by atoms with Gasteiger partial charge in [0.2, 0.25) is 11.9 Å². The summed E-state index contributed by atoms with van der Waals surface area (Å²) in [4.78, 5) is 14.9. The van der Waals surface area contributed by atoms with E-state index in [4.69, 9.17) is 9.47 Å². The van der Waals surface area contributed by atoms with Crippen molar-refractivity contribution in [2.75, 3.05) is 37.5 Å². The van der Waals surface area contributed by atoms with Crippen LogP contribution in [-0.4, -0.2) is 54.4 Å². The molecule has 20 heavy (non-hydrogen) atoms. The Morgan fingerprint density at radius 3 is 2.45 bits per heavy atom. The fraction of sp³-hybridized carbons (Fsp3) is 0.769. The van der Waals surface area contributed by atoms with Crippen LogP contribution in [0.1, 0.15) is 27.7 Å². The molecule has 0 radical (unpaired) electrons. The highest BCUT2D eigenvalue weighted by atomic mass is 16.5. The molecule has 0 aromatic carbocycles. The van der Waals surface area contributed by atoms with Crippen LogP contribution in [0.5, 0.6) is 6.01 Å². The van der Waals surface area contributed by atoms with Gasteiger partial charge < -0.3 is 19.7 Å². The molecule has 0 amide bonds. The average molecular weight is 283 g/mol. The zero-order valence-electron chi connectivity index (χ0n) is 13.2. The number of anilines is 2. The highest BCUT2D eigenvalue weighted by Gasteiger charge is 2.16. The first kappa shape index (κ1) is 16.4. The molecule has 1 rings (SSSR count). The van der Waals surface area contributed by atoms with Gasteiger partial charge in [-0.15, -0.1) is 0 Å². The Morgan fingerprint density at radius 1 is 1.20 bits per heavy atom. The van der Waals surface area contributed by atoms with E-state index >= 15 is 0 Å². The lowest BCUT2D eigenvalue weighted by Crippen LogP contribution is -2.34. The van der Waals surface area contributed by atoms with Crippen molar-refractivity contribution < 1.29 is 9.47 Å². The van der Waals surface area contributed by atoms with Gasteiger partial charge in [-0.1, -0.05) is 0 Å². The summed E-state index contributed by atoms with van der Waals surface area (Å²) in [6.45, 7) is 9.25. The van der Waals surface area contributed by atoms with Gasteiger partial charge in [-0.05, 0) is 27.7 Å². The summed E-state index contributed by atoms with van der Waals surface area (Å²) < 4.78 is 10.7. The van der Waals surface area contributed by atoms with E-state index in [1.807, 2.05) is 39.6 Å². The van der Waals surface area contributed by atoms with Crippen molar-refractivity contribution in [3.63, 3.8) is 0 Å². The van der Waals surface area contributed by atoms with E-state index < -0.39 is 0 Å². The molecule has 1 aromatic heterocycles. The number of nitrogens with zero attached hydrogens (tertiary/aromatic N) is 4. The smallest absolute Gasteiger partial charge is 0.323 e. The van der Waals surface area contributed by atoms with Gasteiger partial charge in [-0.2, -0.15) is 15.0 Å². The number of likely N-dealkylation sites (N-methyl/N-ethyl adjacent to an activating group) is 1. The van der Waals surface area contributed by atoms with Gasteiger partial charge in [0.1, 0.15) is 0 Å². The monoisotopic (exact) mass is 283 g/mol. The minimum atomic E-state index is 0.0152. The van der Waals surface area contributed by atoms with Crippen molar-refractivity contribution in [3.05, 3.63) is 0 Å². The highest BCUT2D eigenvalue weighted by molar-refractivity contribution is 5.38. The van der Waals surface area contributed by atoms with Gasteiger partial charge in [0.15, 0.2) is 0 Å². The summed E-state index contributed by atoms with van der Waals surface area (Å²) in [6.07, 6.45) is 0.0152. The molecule has 1 unspecified atom stereocenters. The summed E-state index contributed by atoms with van der Waals surface area (Å²) >= 11 is 0. The van der Waals surface area contributed by atoms with Crippen molar-refractivity contribution in [1.29, 1.82) is 0 Å². The Kier molecular flexibility index (Phi) is 6.44. The minimum Gasteiger partial charge on any atom is -0.461 e. The molecule has 0 aliphatic carbocycles. The topological polar surface area (TPSA) is 72.4 Å². The second-order valence-electron chi connectivity index (χ2n) is 4.85. The van der Waals surface area contributed by atoms with Crippen LogP contribution in [0.15, 0.2) is 0 Å². The van der Waals surface area contributed by atoms with Crippen LogP contribution < -0.4 is 15.0 Å². The Morgan fingerprint density at radius 2 is 1.90 bits per heavy atom. The predicted octanol–water partition coefficient (Wildman–Crippen LogP) is 1.56. The van der Waals surface area contributed by atoms with Gasteiger partial charge in [0.05, 0.1) is 18.8 Å². The van der Waals surface area contributed by atoms with E-state index in [2.05, 4.69) is 20.3 Å². The van der Waals surface area contributed by atoms with Crippen LogP contribution in [0.3, 0.4) is 0 Å². The van der Waals surface area contributed by atoms with Crippen LogP contribution in [0.2, 0.25) is 0 Å². The number of aromatic nitrogens is 3. The Balaban J connectivity index is 3.00. The fourth-order valence-corrected chi connectivity index (χ4v) is 1.55. The van der Waals surface area contributed by atoms with E-state index in [0.29, 0.717) is 24.5 Å². The van der Waals surface area contributed by atoms with Crippen molar-refractivity contribution in [3.8, 4) is 6.01 Å². The molecule has 1 aromatic rings. The lowest BCUT2D eigenvalue weighted by molar-refractivity contribution is 0.182. The third kappa shape index (κ3) is 4.80. The standard InChI is InChI=1S/C13H25N5O2/c1-7-14-11-15-12(18(5)10(4)8-19-6)17-13(16-11)20-9(2)3/h9-10H,7-8H2,1-6H3,(H,14,15,16,17). The predicted molar refractivity (Wildman–Crippen MR) is 79.5 cm³/mol. The van der Waals surface area contributed by atoms with E-state index in [1.54, 1.807) is 7.11 Å². The summed E-state index contributed by atoms with van der Waals surface area (Å²) in [5.74, 6) is 1.08. The maximum Gasteiger partial charge on any atom is 0.323 e. The maximum absolute atomic E-state index is 5.57. The van der Waals surface area contributed by atoms with Gasteiger partial charge in [0, 0.05) is 20.7 Å². The fourth-order valence-electron chi connectivity index (χ4n) is 1.55.